The largest absolute Gasteiger partial charge is 0.484 e. The van der Waals surface area contributed by atoms with Crippen molar-refractivity contribution in [1.82, 2.24) is 16.0 Å². The molecule has 6 nitrogen and oxygen atoms in total. The third kappa shape index (κ3) is 5.83. The van der Waals surface area contributed by atoms with Gasteiger partial charge in [-0.1, -0.05) is 18.2 Å². The Balaban J connectivity index is 1.60. The zero-order valence-electron chi connectivity index (χ0n) is 11.9. The van der Waals surface area contributed by atoms with Crippen LogP contribution in [0.2, 0.25) is 0 Å². The molecule has 1 unspecified atom stereocenters. The number of hydrogen-bond acceptors (Lipinski definition) is 4. The third-order valence-electron chi connectivity index (χ3n) is 3.22. The van der Waals surface area contributed by atoms with Gasteiger partial charge in [-0.2, -0.15) is 0 Å². The van der Waals surface area contributed by atoms with Crippen LogP contribution in [-0.2, 0) is 9.59 Å². The van der Waals surface area contributed by atoms with Crippen molar-refractivity contribution >= 4 is 11.8 Å². The van der Waals surface area contributed by atoms with Gasteiger partial charge in [0.2, 0.25) is 5.91 Å². The van der Waals surface area contributed by atoms with Crippen molar-refractivity contribution in [2.75, 3.05) is 26.2 Å². The summed E-state index contributed by atoms with van der Waals surface area (Å²) in [6.07, 6.45) is 2.03. The molecule has 0 spiro atoms. The molecule has 0 radical (unpaired) electrons. The van der Waals surface area contributed by atoms with Crippen molar-refractivity contribution in [2.24, 2.45) is 0 Å². The van der Waals surface area contributed by atoms with Gasteiger partial charge in [0.1, 0.15) is 5.75 Å². The summed E-state index contributed by atoms with van der Waals surface area (Å²) >= 11 is 0. The topological polar surface area (TPSA) is 79.5 Å². The average Bonchev–Trinajstić information content (AvgIpc) is 2.53. The predicted molar refractivity (Wildman–Crippen MR) is 79.0 cm³/mol. The number of piperidine rings is 1. The van der Waals surface area contributed by atoms with Gasteiger partial charge in [0.15, 0.2) is 6.61 Å². The number of amides is 2. The fourth-order valence-electron chi connectivity index (χ4n) is 2.15. The molecule has 2 amide bonds. The van der Waals surface area contributed by atoms with Crippen LogP contribution in [0.3, 0.4) is 0 Å². The van der Waals surface area contributed by atoms with Gasteiger partial charge < -0.3 is 20.7 Å². The zero-order chi connectivity index (χ0) is 14.9. The molecule has 1 heterocycles. The van der Waals surface area contributed by atoms with Crippen LogP contribution < -0.4 is 20.7 Å². The van der Waals surface area contributed by atoms with Crippen LogP contribution in [0.25, 0.3) is 0 Å². The Morgan fingerprint density at radius 3 is 2.76 bits per heavy atom. The molecule has 6 heteroatoms. The van der Waals surface area contributed by atoms with Gasteiger partial charge in [0.05, 0.1) is 6.54 Å². The van der Waals surface area contributed by atoms with Gasteiger partial charge in [-0.15, -0.1) is 0 Å². The van der Waals surface area contributed by atoms with Crippen LogP contribution >= 0.6 is 0 Å². The van der Waals surface area contributed by atoms with Gasteiger partial charge in [-0.25, -0.2) is 0 Å². The highest BCUT2D eigenvalue weighted by Gasteiger charge is 2.15. The smallest absolute Gasteiger partial charge is 0.258 e. The summed E-state index contributed by atoms with van der Waals surface area (Å²) in [6.45, 7) is 1.67. The number of carbonyl (C=O) groups is 2. The van der Waals surface area contributed by atoms with Crippen molar-refractivity contribution in [3.8, 4) is 5.75 Å². The molecular weight excluding hydrogens is 270 g/mol. The van der Waals surface area contributed by atoms with Gasteiger partial charge in [-0.05, 0) is 31.5 Å². The number of nitrogens with one attached hydrogen (secondary N) is 3. The minimum Gasteiger partial charge on any atom is -0.484 e. The molecule has 114 valence electrons. The summed E-state index contributed by atoms with van der Waals surface area (Å²) in [4.78, 5) is 23.3. The summed E-state index contributed by atoms with van der Waals surface area (Å²) in [6, 6.07) is 9.24. The zero-order valence-corrected chi connectivity index (χ0v) is 11.9. The van der Waals surface area contributed by atoms with Crippen molar-refractivity contribution in [3.05, 3.63) is 30.3 Å². The van der Waals surface area contributed by atoms with Gasteiger partial charge in [0, 0.05) is 12.6 Å². The second-order valence-corrected chi connectivity index (χ2v) is 4.99. The van der Waals surface area contributed by atoms with E-state index in [0.717, 1.165) is 25.9 Å². The van der Waals surface area contributed by atoms with Crippen LogP contribution in [-0.4, -0.2) is 44.1 Å². The quantitative estimate of drug-likeness (QED) is 0.692. The Hall–Kier alpha value is -2.08. The molecule has 1 aliphatic heterocycles. The van der Waals surface area contributed by atoms with E-state index in [1.54, 1.807) is 12.1 Å². The Labute approximate surface area is 124 Å². The molecule has 1 atom stereocenters. The number of benzene rings is 1. The van der Waals surface area contributed by atoms with E-state index >= 15 is 0 Å². The molecular formula is C15H21N3O3. The lowest BCUT2D eigenvalue weighted by atomic mass is 10.1. The van der Waals surface area contributed by atoms with E-state index in [1.807, 2.05) is 18.2 Å². The monoisotopic (exact) mass is 291 g/mol. The normalized spacial score (nSPS) is 17.8. The van der Waals surface area contributed by atoms with E-state index in [-0.39, 0.29) is 31.0 Å². The Morgan fingerprint density at radius 2 is 2.05 bits per heavy atom. The van der Waals surface area contributed by atoms with Crippen molar-refractivity contribution in [3.63, 3.8) is 0 Å². The Morgan fingerprint density at radius 1 is 1.24 bits per heavy atom. The van der Waals surface area contributed by atoms with Crippen molar-refractivity contribution < 1.29 is 14.3 Å². The summed E-state index contributed by atoms with van der Waals surface area (Å²) in [5, 5.41) is 8.66. The Bertz CT molecular complexity index is 458. The van der Waals surface area contributed by atoms with E-state index < -0.39 is 0 Å². The van der Waals surface area contributed by atoms with E-state index in [9.17, 15) is 9.59 Å². The first kappa shape index (κ1) is 15.3. The lowest BCUT2D eigenvalue weighted by Gasteiger charge is -2.23. The molecule has 2 rings (SSSR count). The molecule has 0 aromatic heterocycles. The maximum Gasteiger partial charge on any atom is 0.258 e. The molecule has 21 heavy (non-hydrogen) atoms. The highest BCUT2D eigenvalue weighted by atomic mass is 16.5. The van der Waals surface area contributed by atoms with Gasteiger partial charge >= 0.3 is 0 Å². The maximum atomic E-state index is 11.7. The fourth-order valence-corrected chi connectivity index (χ4v) is 2.15. The Kier molecular flexibility index (Phi) is 6.02. The summed E-state index contributed by atoms with van der Waals surface area (Å²) in [5.41, 5.74) is 0. The van der Waals surface area contributed by atoms with Crippen LogP contribution in [0, 0.1) is 0 Å². The molecule has 1 fully saturated rings. The first-order valence-electron chi connectivity index (χ1n) is 7.18. The summed E-state index contributed by atoms with van der Waals surface area (Å²) in [7, 11) is 0. The molecule has 0 bridgehead atoms. The SMILES string of the molecule is O=C(COc1ccccc1)NCC(=O)NC1CCCNC1. The molecule has 0 aliphatic carbocycles. The molecule has 1 aromatic carbocycles. The van der Waals surface area contributed by atoms with E-state index in [2.05, 4.69) is 16.0 Å². The number of carbonyl (C=O) groups excluding carboxylic acids is 2. The van der Waals surface area contributed by atoms with Gasteiger partial charge in [0.25, 0.3) is 5.91 Å². The van der Waals surface area contributed by atoms with Crippen molar-refractivity contribution in [1.29, 1.82) is 0 Å². The first-order valence-corrected chi connectivity index (χ1v) is 7.18. The highest BCUT2D eigenvalue weighted by molar-refractivity contribution is 5.85. The van der Waals surface area contributed by atoms with Crippen LogP contribution in [0.5, 0.6) is 5.75 Å². The molecule has 1 saturated heterocycles. The summed E-state index contributed by atoms with van der Waals surface area (Å²) in [5.74, 6) is 0.151. The molecule has 3 N–H and O–H groups in total. The van der Waals surface area contributed by atoms with Gasteiger partial charge in [-0.3, -0.25) is 9.59 Å². The van der Waals surface area contributed by atoms with Crippen molar-refractivity contribution in [2.45, 2.75) is 18.9 Å². The molecule has 0 saturated carbocycles. The van der Waals surface area contributed by atoms with E-state index in [4.69, 9.17) is 4.74 Å². The van der Waals surface area contributed by atoms with Crippen LogP contribution in [0.4, 0.5) is 0 Å². The molecule has 1 aliphatic rings. The third-order valence-corrected chi connectivity index (χ3v) is 3.22. The standard InChI is InChI=1S/C15H21N3O3/c19-14(18-12-5-4-8-16-9-12)10-17-15(20)11-21-13-6-2-1-3-7-13/h1-3,6-7,12,16H,4-5,8-11H2,(H,17,20)(H,18,19). The predicted octanol–water partition coefficient (Wildman–Crippen LogP) is 0.0498. The second kappa shape index (κ2) is 8.26. The average molecular weight is 291 g/mol. The minimum atomic E-state index is -0.309. The maximum absolute atomic E-state index is 11.7. The minimum absolute atomic E-state index is 0.0204. The second-order valence-electron chi connectivity index (χ2n) is 4.99. The fraction of sp³-hybridized carbons (Fsp3) is 0.467. The first-order chi connectivity index (χ1) is 10.2. The van der Waals surface area contributed by atoms with Crippen LogP contribution in [0.1, 0.15) is 12.8 Å². The van der Waals surface area contributed by atoms with Crippen LogP contribution in [0.15, 0.2) is 30.3 Å². The van der Waals surface area contributed by atoms with E-state index in [1.165, 1.54) is 0 Å². The number of ether oxygens (including phenoxy) is 1. The summed E-state index contributed by atoms with van der Waals surface area (Å²) < 4.78 is 5.30. The number of rotatable bonds is 6. The molecule has 1 aromatic rings. The highest BCUT2D eigenvalue weighted by Crippen LogP contribution is 2.07. The lowest BCUT2D eigenvalue weighted by molar-refractivity contribution is -0.127. The number of para-hydroxylation sites is 1. The number of hydrogen-bond donors (Lipinski definition) is 3. The lowest BCUT2D eigenvalue weighted by Crippen LogP contribution is -2.48. The van der Waals surface area contributed by atoms with E-state index in [0.29, 0.717) is 5.75 Å².